The van der Waals surface area contributed by atoms with Gasteiger partial charge in [-0.2, -0.15) is 0 Å². The summed E-state index contributed by atoms with van der Waals surface area (Å²) in [6.07, 6.45) is 0.833. The van der Waals surface area contributed by atoms with Crippen LogP contribution in [0, 0.1) is 0 Å². The highest BCUT2D eigenvalue weighted by Gasteiger charge is 1.79. The number of aldehydes is 1. The number of hydrogen-bond acceptors (Lipinski definition) is 1. The third-order valence-corrected chi connectivity index (χ3v) is 0.936. The SMILES string of the molecule is O=Cc1ccccc1.[Mg]. The van der Waals surface area contributed by atoms with Gasteiger partial charge in [0, 0.05) is 28.6 Å². The maximum Gasteiger partial charge on any atom is 0.150 e. The maximum absolute atomic E-state index is 10.0. The van der Waals surface area contributed by atoms with E-state index in [-0.39, 0.29) is 23.1 Å². The van der Waals surface area contributed by atoms with E-state index in [1.165, 1.54) is 0 Å². The monoisotopic (exact) mass is 130 g/mol. The van der Waals surface area contributed by atoms with Crippen molar-refractivity contribution in [3.63, 3.8) is 0 Å². The zero-order chi connectivity index (χ0) is 5.82. The van der Waals surface area contributed by atoms with Crippen LogP contribution in [0.4, 0.5) is 0 Å². The quantitative estimate of drug-likeness (QED) is 0.411. The van der Waals surface area contributed by atoms with E-state index in [1.54, 1.807) is 12.1 Å². The van der Waals surface area contributed by atoms with Crippen molar-refractivity contribution in [2.24, 2.45) is 0 Å². The second-order valence-corrected chi connectivity index (χ2v) is 1.53. The first-order chi connectivity index (χ1) is 3.93. The summed E-state index contributed by atoms with van der Waals surface area (Å²) in [5.74, 6) is 0. The van der Waals surface area contributed by atoms with E-state index in [0.717, 1.165) is 11.8 Å². The lowest BCUT2D eigenvalue weighted by molar-refractivity contribution is 0.112. The van der Waals surface area contributed by atoms with Gasteiger partial charge >= 0.3 is 0 Å². The molecular formula is C7H6MgO. The number of hydrogen-bond donors (Lipinski definition) is 0. The molecule has 0 aliphatic rings. The van der Waals surface area contributed by atoms with Gasteiger partial charge in [-0.25, -0.2) is 0 Å². The largest absolute Gasteiger partial charge is 0.298 e. The lowest BCUT2D eigenvalue weighted by Crippen LogP contribution is -1.73. The fourth-order valence-corrected chi connectivity index (χ4v) is 0.532. The van der Waals surface area contributed by atoms with Gasteiger partial charge in [-0.15, -0.1) is 0 Å². The minimum absolute atomic E-state index is 0. The molecule has 1 aromatic rings. The van der Waals surface area contributed by atoms with Crippen molar-refractivity contribution in [1.29, 1.82) is 0 Å². The van der Waals surface area contributed by atoms with Crippen LogP contribution in [-0.4, -0.2) is 29.3 Å². The summed E-state index contributed by atoms with van der Waals surface area (Å²) in [5.41, 5.74) is 0.729. The van der Waals surface area contributed by atoms with Gasteiger partial charge in [-0.3, -0.25) is 4.79 Å². The maximum atomic E-state index is 10.0. The number of carbonyl (C=O) groups is 1. The Morgan fingerprint density at radius 2 is 1.67 bits per heavy atom. The zero-order valence-corrected chi connectivity index (χ0v) is 6.49. The molecular weight excluding hydrogens is 124 g/mol. The molecule has 42 valence electrons. The average Bonchev–Trinajstić information content (AvgIpc) is 1.90. The Kier molecular flexibility index (Phi) is 4.35. The summed E-state index contributed by atoms with van der Waals surface area (Å²) < 4.78 is 0. The Labute approximate surface area is 70.2 Å². The van der Waals surface area contributed by atoms with Crippen molar-refractivity contribution in [2.75, 3.05) is 0 Å². The smallest absolute Gasteiger partial charge is 0.150 e. The fourth-order valence-electron chi connectivity index (χ4n) is 0.532. The lowest BCUT2D eigenvalue weighted by atomic mass is 10.2. The van der Waals surface area contributed by atoms with E-state index in [9.17, 15) is 4.79 Å². The van der Waals surface area contributed by atoms with Crippen molar-refractivity contribution in [1.82, 2.24) is 0 Å². The van der Waals surface area contributed by atoms with Crippen LogP contribution in [0.3, 0.4) is 0 Å². The van der Waals surface area contributed by atoms with Gasteiger partial charge in [0.05, 0.1) is 0 Å². The molecule has 0 saturated heterocycles. The molecule has 0 bridgehead atoms. The van der Waals surface area contributed by atoms with E-state index in [2.05, 4.69) is 0 Å². The van der Waals surface area contributed by atoms with Gasteiger partial charge in [0.2, 0.25) is 0 Å². The Hall–Kier alpha value is -0.344. The molecule has 0 N–H and O–H groups in total. The molecule has 0 unspecified atom stereocenters. The molecule has 0 atom stereocenters. The third-order valence-electron chi connectivity index (χ3n) is 0.936. The van der Waals surface area contributed by atoms with Gasteiger partial charge < -0.3 is 0 Å². The lowest BCUT2D eigenvalue weighted by Gasteiger charge is -1.81. The summed E-state index contributed by atoms with van der Waals surface area (Å²) in [7, 11) is 0. The molecule has 0 aromatic heterocycles. The third kappa shape index (κ3) is 2.63. The summed E-state index contributed by atoms with van der Waals surface area (Å²) in [6, 6.07) is 9.10. The molecule has 2 radical (unpaired) electrons. The first-order valence-electron chi connectivity index (χ1n) is 2.44. The van der Waals surface area contributed by atoms with E-state index < -0.39 is 0 Å². The predicted molar refractivity (Wildman–Crippen MR) is 37.6 cm³/mol. The van der Waals surface area contributed by atoms with Crippen LogP contribution in [-0.2, 0) is 0 Å². The van der Waals surface area contributed by atoms with Crippen molar-refractivity contribution in [3.05, 3.63) is 35.9 Å². The summed E-state index contributed by atoms with van der Waals surface area (Å²) in [4.78, 5) is 10.0. The molecule has 0 saturated carbocycles. The van der Waals surface area contributed by atoms with Crippen LogP contribution >= 0.6 is 0 Å². The number of carbonyl (C=O) groups excluding carboxylic acids is 1. The highest BCUT2D eigenvalue weighted by atomic mass is 24.3. The van der Waals surface area contributed by atoms with Gasteiger partial charge in [0.15, 0.2) is 0 Å². The molecule has 0 fully saturated rings. The molecule has 1 aromatic carbocycles. The zero-order valence-electron chi connectivity index (χ0n) is 5.08. The Morgan fingerprint density at radius 3 is 2.00 bits per heavy atom. The van der Waals surface area contributed by atoms with Crippen LogP contribution in [0.5, 0.6) is 0 Å². The molecule has 9 heavy (non-hydrogen) atoms. The molecule has 2 heteroatoms. The molecule has 0 aliphatic heterocycles. The van der Waals surface area contributed by atoms with Gasteiger partial charge in [-0.1, -0.05) is 30.3 Å². The van der Waals surface area contributed by atoms with Crippen molar-refractivity contribution in [2.45, 2.75) is 0 Å². The summed E-state index contributed by atoms with van der Waals surface area (Å²) in [6.45, 7) is 0. The van der Waals surface area contributed by atoms with Crippen molar-refractivity contribution >= 4 is 29.3 Å². The van der Waals surface area contributed by atoms with E-state index >= 15 is 0 Å². The van der Waals surface area contributed by atoms with Gasteiger partial charge in [0.25, 0.3) is 0 Å². The van der Waals surface area contributed by atoms with E-state index in [0.29, 0.717) is 0 Å². The normalized spacial score (nSPS) is 7.56. The van der Waals surface area contributed by atoms with Crippen LogP contribution < -0.4 is 0 Å². The molecule has 0 aliphatic carbocycles. The highest BCUT2D eigenvalue weighted by Crippen LogP contribution is 1.91. The van der Waals surface area contributed by atoms with Crippen LogP contribution in [0.2, 0.25) is 0 Å². The molecule has 0 amide bonds. The highest BCUT2D eigenvalue weighted by molar-refractivity contribution is 5.75. The van der Waals surface area contributed by atoms with E-state index in [4.69, 9.17) is 0 Å². The predicted octanol–water partition coefficient (Wildman–Crippen LogP) is 1.12. The average molecular weight is 130 g/mol. The van der Waals surface area contributed by atoms with Gasteiger partial charge in [-0.05, 0) is 0 Å². The van der Waals surface area contributed by atoms with Crippen molar-refractivity contribution in [3.8, 4) is 0 Å². The molecule has 1 nitrogen and oxygen atoms in total. The minimum atomic E-state index is 0. The van der Waals surface area contributed by atoms with Gasteiger partial charge in [0.1, 0.15) is 6.29 Å². The first kappa shape index (κ1) is 8.66. The Bertz CT molecular complexity index is 172. The second kappa shape index (κ2) is 4.53. The van der Waals surface area contributed by atoms with Crippen LogP contribution in [0.15, 0.2) is 30.3 Å². The van der Waals surface area contributed by atoms with Crippen LogP contribution in [0.1, 0.15) is 10.4 Å². The topological polar surface area (TPSA) is 17.1 Å². The molecule has 0 spiro atoms. The standard InChI is InChI=1S/C7H6O.Mg/c8-6-7-4-2-1-3-5-7;/h1-6H;. The second-order valence-electron chi connectivity index (χ2n) is 1.53. The Balaban J connectivity index is 0.000000640. The molecule has 1 rings (SSSR count). The van der Waals surface area contributed by atoms with E-state index in [1.807, 2.05) is 18.2 Å². The fraction of sp³-hybridized carbons (Fsp3) is 0. The summed E-state index contributed by atoms with van der Waals surface area (Å²) >= 11 is 0. The minimum Gasteiger partial charge on any atom is -0.298 e. The summed E-state index contributed by atoms with van der Waals surface area (Å²) in [5, 5.41) is 0. The van der Waals surface area contributed by atoms with Crippen molar-refractivity contribution < 1.29 is 4.79 Å². The number of rotatable bonds is 1. The molecule has 0 heterocycles. The Morgan fingerprint density at radius 1 is 1.11 bits per heavy atom. The number of benzene rings is 1. The first-order valence-corrected chi connectivity index (χ1v) is 2.44. The van der Waals surface area contributed by atoms with Crippen LogP contribution in [0.25, 0.3) is 0 Å².